The Morgan fingerprint density at radius 2 is 1.90 bits per heavy atom. The van der Waals surface area contributed by atoms with Crippen molar-refractivity contribution in [3.05, 3.63) is 41.5 Å². The number of carbonyl (C=O) groups excluding carboxylic acids is 1. The molecule has 3 aliphatic rings. The molecule has 1 saturated heterocycles. The Balaban J connectivity index is 1.13. The van der Waals surface area contributed by atoms with Gasteiger partial charge in [0.15, 0.2) is 5.82 Å². The van der Waals surface area contributed by atoms with Crippen LogP contribution in [0.25, 0.3) is 0 Å². The van der Waals surface area contributed by atoms with Crippen LogP contribution in [0.1, 0.15) is 68.1 Å². The van der Waals surface area contributed by atoms with Crippen molar-refractivity contribution in [2.45, 2.75) is 62.7 Å². The monoisotopic (exact) mass is 395 g/mol. The number of methoxy groups -OCH3 is 1. The smallest absolute Gasteiger partial charge is 0.233 e. The number of carbonyl (C=O) groups is 1. The molecular weight excluding hydrogens is 366 g/mol. The summed E-state index contributed by atoms with van der Waals surface area (Å²) in [7, 11) is 1.67. The lowest BCUT2D eigenvalue weighted by Gasteiger charge is -2.34. The van der Waals surface area contributed by atoms with E-state index in [1.807, 2.05) is 12.1 Å². The third-order valence-corrected chi connectivity index (χ3v) is 6.89. The number of piperidine rings is 1. The molecule has 0 unspecified atom stereocenters. The van der Waals surface area contributed by atoms with Gasteiger partial charge < -0.3 is 14.2 Å². The molecule has 3 fully saturated rings. The second-order valence-corrected chi connectivity index (χ2v) is 8.91. The first-order valence-electron chi connectivity index (χ1n) is 10.9. The average Bonchev–Trinajstić information content (AvgIpc) is 3.71. The van der Waals surface area contributed by atoms with Crippen LogP contribution < -0.4 is 4.74 Å². The van der Waals surface area contributed by atoms with Gasteiger partial charge in [-0.05, 0) is 68.6 Å². The lowest BCUT2D eigenvalue weighted by molar-refractivity contribution is -0.135. The number of aryl methyl sites for hydroxylation is 1. The Morgan fingerprint density at radius 1 is 1.17 bits per heavy atom. The molecule has 2 aromatic rings. The molecule has 1 amide bonds. The van der Waals surface area contributed by atoms with Crippen molar-refractivity contribution in [1.29, 1.82) is 0 Å². The van der Waals surface area contributed by atoms with Crippen LogP contribution in [-0.4, -0.2) is 41.1 Å². The fraction of sp³-hybridized carbons (Fsp3) is 0.609. The quantitative estimate of drug-likeness (QED) is 0.712. The molecule has 0 N–H and O–H groups in total. The van der Waals surface area contributed by atoms with Gasteiger partial charge in [-0.25, -0.2) is 0 Å². The molecule has 5 rings (SSSR count). The number of ether oxygens (including phenoxy) is 1. The van der Waals surface area contributed by atoms with Gasteiger partial charge in [0.2, 0.25) is 11.8 Å². The van der Waals surface area contributed by atoms with E-state index < -0.39 is 0 Å². The van der Waals surface area contributed by atoms with E-state index in [-0.39, 0.29) is 5.41 Å². The minimum atomic E-state index is -0.289. The molecule has 0 radical (unpaired) electrons. The molecule has 2 saturated carbocycles. The van der Waals surface area contributed by atoms with Gasteiger partial charge in [-0.15, -0.1) is 0 Å². The molecule has 29 heavy (non-hydrogen) atoms. The van der Waals surface area contributed by atoms with E-state index in [0.717, 1.165) is 74.6 Å². The largest absolute Gasteiger partial charge is 0.497 e. The van der Waals surface area contributed by atoms with E-state index in [9.17, 15) is 4.79 Å². The second kappa shape index (κ2) is 7.47. The van der Waals surface area contributed by atoms with Crippen molar-refractivity contribution >= 4 is 5.91 Å². The number of nitrogens with zero attached hydrogens (tertiary/aromatic N) is 3. The third-order valence-electron chi connectivity index (χ3n) is 6.89. The molecule has 0 atom stereocenters. The first kappa shape index (κ1) is 18.6. The maximum absolute atomic E-state index is 13.3. The van der Waals surface area contributed by atoms with Gasteiger partial charge in [0.05, 0.1) is 12.5 Å². The zero-order valence-electron chi connectivity index (χ0n) is 17.1. The van der Waals surface area contributed by atoms with Crippen LogP contribution in [0.3, 0.4) is 0 Å². The van der Waals surface area contributed by atoms with E-state index in [2.05, 4.69) is 27.2 Å². The Kier molecular flexibility index (Phi) is 4.80. The van der Waals surface area contributed by atoms with Crippen molar-refractivity contribution in [2.24, 2.45) is 5.92 Å². The standard InChI is InChI=1S/C23H29N3O3/c1-28-19-7-5-18(6-8-19)23(12-13-23)22(27)26-14-10-16(11-15-26)2-9-20-24-21(29-25-20)17-3-4-17/h5-8,16-17H,2-4,9-15H2,1H3. The van der Waals surface area contributed by atoms with Gasteiger partial charge in [-0.2, -0.15) is 4.98 Å². The van der Waals surface area contributed by atoms with Crippen LogP contribution in [0.5, 0.6) is 5.75 Å². The van der Waals surface area contributed by atoms with Gasteiger partial charge in [-0.3, -0.25) is 4.79 Å². The highest BCUT2D eigenvalue weighted by Gasteiger charge is 2.53. The number of likely N-dealkylation sites (tertiary alicyclic amines) is 1. The first-order chi connectivity index (χ1) is 14.2. The van der Waals surface area contributed by atoms with Crippen LogP contribution in [0.15, 0.2) is 28.8 Å². The molecular formula is C23H29N3O3. The lowest BCUT2D eigenvalue weighted by atomic mass is 9.89. The number of aromatic nitrogens is 2. The summed E-state index contributed by atoms with van der Waals surface area (Å²) in [5.74, 6) is 3.98. The van der Waals surface area contributed by atoms with E-state index in [0.29, 0.717) is 17.7 Å². The maximum atomic E-state index is 13.3. The van der Waals surface area contributed by atoms with Gasteiger partial charge in [0.1, 0.15) is 5.75 Å². The topological polar surface area (TPSA) is 68.5 Å². The molecule has 2 heterocycles. The summed E-state index contributed by atoms with van der Waals surface area (Å²) in [6, 6.07) is 8.03. The van der Waals surface area contributed by atoms with Crippen molar-refractivity contribution in [3.8, 4) is 5.75 Å². The zero-order chi connectivity index (χ0) is 19.8. The van der Waals surface area contributed by atoms with Gasteiger partial charge in [0.25, 0.3) is 0 Å². The fourth-order valence-electron chi connectivity index (χ4n) is 4.59. The Hall–Kier alpha value is -2.37. The number of hydrogen-bond acceptors (Lipinski definition) is 5. The second-order valence-electron chi connectivity index (χ2n) is 8.91. The van der Waals surface area contributed by atoms with Crippen LogP contribution in [0, 0.1) is 5.92 Å². The third kappa shape index (κ3) is 3.77. The van der Waals surface area contributed by atoms with Crippen LogP contribution >= 0.6 is 0 Å². The molecule has 154 valence electrons. The highest BCUT2D eigenvalue weighted by molar-refractivity contribution is 5.91. The normalized spacial score (nSPS) is 21.2. The van der Waals surface area contributed by atoms with E-state index >= 15 is 0 Å². The molecule has 0 spiro atoms. The van der Waals surface area contributed by atoms with Crippen LogP contribution in [0.2, 0.25) is 0 Å². The van der Waals surface area contributed by atoms with Crippen molar-refractivity contribution in [1.82, 2.24) is 15.0 Å². The highest BCUT2D eigenvalue weighted by Crippen LogP contribution is 2.50. The summed E-state index contributed by atoms with van der Waals surface area (Å²) in [4.78, 5) is 19.9. The summed E-state index contributed by atoms with van der Waals surface area (Å²) in [6.45, 7) is 1.72. The highest BCUT2D eigenvalue weighted by atomic mass is 16.5. The zero-order valence-corrected chi connectivity index (χ0v) is 17.1. The van der Waals surface area contributed by atoms with E-state index in [1.165, 1.54) is 12.8 Å². The molecule has 1 aromatic heterocycles. The summed E-state index contributed by atoms with van der Waals surface area (Å²) in [5, 5.41) is 4.13. The van der Waals surface area contributed by atoms with Gasteiger partial charge in [0, 0.05) is 25.4 Å². The van der Waals surface area contributed by atoms with Gasteiger partial charge >= 0.3 is 0 Å². The minimum Gasteiger partial charge on any atom is -0.497 e. The number of amides is 1. The molecule has 1 aromatic carbocycles. The van der Waals surface area contributed by atoms with Crippen molar-refractivity contribution in [2.75, 3.05) is 20.2 Å². The first-order valence-corrected chi connectivity index (χ1v) is 10.9. The molecule has 2 aliphatic carbocycles. The number of benzene rings is 1. The van der Waals surface area contributed by atoms with Crippen molar-refractivity contribution < 1.29 is 14.1 Å². The summed E-state index contributed by atoms with van der Waals surface area (Å²) < 4.78 is 10.6. The Labute approximate surface area is 171 Å². The maximum Gasteiger partial charge on any atom is 0.233 e. The summed E-state index contributed by atoms with van der Waals surface area (Å²) >= 11 is 0. The minimum absolute atomic E-state index is 0.289. The van der Waals surface area contributed by atoms with E-state index in [4.69, 9.17) is 9.26 Å². The molecule has 1 aliphatic heterocycles. The van der Waals surface area contributed by atoms with E-state index in [1.54, 1.807) is 7.11 Å². The van der Waals surface area contributed by atoms with Gasteiger partial charge in [-0.1, -0.05) is 17.3 Å². The number of hydrogen-bond donors (Lipinski definition) is 0. The fourth-order valence-corrected chi connectivity index (χ4v) is 4.59. The summed E-state index contributed by atoms with van der Waals surface area (Å²) in [5.41, 5.74) is 0.845. The average molecular weight is 396 g/mol. The SMILES string of the molecule is COc1ccc(C2(C(=O)N3CCC(CCc4noc(C5CC5)n4)CC3)CC2)cc1. The molecule has 0 bridgehead atoms. The lowest BCUT2D eigenvalue weighted by Crippen LogP contribution is -2.44. The van der Waals surface area contributed by atoms with Crippen molar-refractivity contribution in [3.63, 3.8) is 0 Å². The van der Waals surface area contributed by atoms with Crippen LogP contribution in [-0.2, 0) is 16.6 Å². The predicted octanol–water partition coefficient (Wildman–Crippen LogP) is 3.86. The molecule has 6 heteroatoms. The van der Waals surface area contributed by atoms with Crippen LogP contribution in [0.4, 0.5) is 0 Å². The predicted molar refractivity (Wildman–Crippen MR) is 108 cm³/mol. The Bertz CT molecular complexity index is 860. The molecule has 6 nitrogen and oxygen atoms in total. The Morgan fingerprint density at radius 3 is 2.52 bits per heavy atom. The number of rotatable bonds is 7. The summed E-state index contributed by atoms with van der Waals surface area (Å²) in [6.07, 6.45) is 8.38.